The van der Waals surface area contributed by atoms with Crippen molar-refractivity contribution in [3.05, 3.63) is 11.4 Å². The Morgan fingerprint density at radius 3 is 2.47 bits per heavy atom. The average Bonchev–Trinajstić information content (AvgIpc) is 2.62. The van der Waals surface area contributed by atoms with Gasteiger partial charge >= 0.3 is 12.1 Å². The summed E-state index contributed by atoms with van der Waals surface area (Å²) in [7, 11) is 0. The summed E-state index contributed by atoms with van der Waals surface area (Å²) in [5.41, 5.74) is -2.09. The summed E-state index contributed by atoms with van der Waals surface area (Å²) in [6.45, 7) is 3.46. The van der Waals surface area contributed by atoms with E-state index in [0.717, 1.165) is 4.80 Å². The molecular weight excluding hydrogens is 239 g/mol. The van der Waals surface area contributed by atoms with Crippen LogP contribution in [0.1, 0.15) is 36.5 Å². The Morgan fingerprint density at radius 2 is 2.00 bits per heavy atom. The van der Waals surface area contributed by atoms with E-state index in [1.54, 1.807) is 6.92 Å². The zero-order chi connectivity index (χ0) is 13.1. The highest BCUT2D eigenvalue weighted by atomic mass is 19.4. The molecular formula is C9H12F3N3O2. The first-order valence-electron chi connectivity index (χ1n) is 5.09. The van der Waals surface area contributed by atoms with Gasteiger partial charge in [-0.15, -0.1) is 10.2 Å². The molecule has 0 aliphatic carbocycles. The lowest BCUT2D eigenvalue weighted by Gasteiger charge is -2.03. The third-order valence-corrected chi connectivity index (χ3v) is 1.82. The molecule has 0 spiro atoms. The number of carbonyl (C=O) groups is 1. The first kappa shape index (κ1) is 13.5. The molecule has 0 radical (unpaired) electrons. The lowest BCUT2D eigenvalue weighted by Crippen LogP contribution is -2.15. The van der Waals surface area contributed by atoms with E-state index < -0.39 is 23.5 Å². The number of nitrogens with zero attached hydrogens (tertiary/aromatic N) is 3. The van der Waals surface area contributed by atoms with Gasteiger partial charge in [0.05, 0.1) is 13.2 Å². The van der Waals surface area contributed by atoms with E-state index in [1.165, 1.54) is 6.92 Å². The predicted octanol–water partition coefficient (Wildman–Crippen LogP) is 1.88. The smallest absolute Gasteiger partial charge is 0.437 e. The van der Waals surface area contributed by atoms with Crippen molar-refractivity contribution in [2.24, 2.45) is 0 Å². The fourth-order valence-electron chi connectivity index (χ4n) is 1.18. The van der Waals surface area contributed by atoms with Gasteiger partial charge in [0.2, 0.25) is 11.4 Å². The second-order valence-electron chi connectivity index (χ2n) is 3.21. The second-order valence-corrected chi connectivity index (χ2v) is 3.21. The van der Waals surface area contributed by atoms with E-state index in [0.29, 0.717) is 6.42 Å². The van der Waals surface area contributed by atoms with Crippen molar-refractivity contribution in [3.63, 3.8) is 0 Å². The van der Waals surface area contributed by atoms with Gasteiger partial charge in [0.1, 0.15) is 0 Å². The highest BCUT2D eigenvalue weighted by Crippen LogP contribution is 2.29. The van der Waals surface area contributed by atoms with Crippen LogP contribution in [0.3, 0.4) is 0 Å². The van der Waals surface area contributed by atoms with Crippen LogP contribution in [0.5, 0.6) is 0 Å². The Kier molecular flexibility index (Phi) is 4.08. The molecule has 0 atom stereocenters. The van der Waals surface area contributed by atoms with E-state index in [4.69, 9.17) is 0 Å². The van der Waals surface area contributed by atoms with E-state index >= 15 is 0 Å². The van der Waals surface area contributed by atoms with Crippen molar-refractivity contribution in [2.45, 2.75) is 33.0 Å². The maximum atomic E-state index is 12.6. The number of aryl methyl sites for hydroxylation is 1. The number of carbonyl (C=O) groups excluding carboxylic acids is 1. The number of esters is 1. The SMILES string of the molecule is CCCn1nc(C(=O)OCC)c(C(F)(F)F)n1. The molecule has 0 fully saturated rings. The van der Waals surface area contributed by atoms with Gasteiger partial charge < -0.3 is 4.74 Å². The molecule has 0 amide bonds. The fraction of sp³-hybridized carbons (Fsp3) is 0.667. The summed E-state index contributed by atoms with van der Waals surface area (Å²) in [5.74, 6) is -1.11. The van der Waals surface area contributed by atoms with Gasteiger partial charge in [-0.05, 0) is 13.3 Å². The Balaban J connectivity index is 3.12. The number of rotatable bonds is 4. The van der Waals surface area contributed by atoms with Crippen LogP contribution in [0.25, 0.3) is 0 Å². The fourth-order valence-corrected chi connectivity index (χ4v) is 1.18. The molecule has 0 N–H and O–H groups in total. The van der Waals surface area contributed by atoms with Crippen molar-refractivity contribution < 1.29 is 22.7 Å². The van der Waals surface area contributed by atoms with Crippen LogP contribution in [0.2, 0.25) is 0 Å². The third-order valence-electron chi connectivity index (χ3n) is 1.82. The Morgan fingerprint density at radius 1 is 1.35 bits per heavy atom. The summed E-state index contributed by atoms with van der Waals surface area (Å²) < 4.78 is 42.2. The molecule has 5 nitrogen and oxygen atoms in total. The molecule has 0 unspecified atom stereocenters. The van der Waals surface area contributed by atoms with Gasteiger partial charge in [0.15, 0.2) is 0 Å². The minimum atomic E-state index is -4.71. The van der Waals surface area contributed by atoms with Crippen LogP contribution >= 0.6 is 0 Å². The Hall–Kier alpha value is -1.60. The third kappa shape index (κ3) is 3.18. The lowest BCUT2D eigenvalue weighted by molar-refractivity contribution is -0.142. The molecule has 17 heavy (non-hydrogen) atoms. The molecule has 1 rings (SSSR count). The zero-order valence-corrected chi connectivity index (χ0v) is 9.41. The van der Waals surface area contributed by atoms with Crippen LogP contribution in [-0.2, 0) is 17.5 Å². The monoisotopic (exact) mass is 251 g/mol. The molecule has 0 saturated carbocycles. The van der Waals surface area contributed by atoms with Crippen LogP contribution in [-0.4, -0.2) is 27.6 Å². The summed E-state index contributed by atoms with van der Waals surface area (Å²) in [6, 6.07) is 0. The number of aromatic nitrogens is 3. The highest BCUT2D eigenvalue weighted by molar-refractivity contribution is 5.88. The van der Waals surface area contributed by atoms with Gasteiger partial charge in [0.25, 0.3) is 0 Å². The minimum absolute atomic E-state index is 0.0171. The molecule has 0 aliphatic rings. The summed E-state index contributed by atoms with van der Waals surface area (Å²) in [5, 5.41) is 6.75. The van der Waals surface area contributed by atoms with Gasteiger partial charge in [-0.1, -0.05) is 6.92 Å². The maximum Gasteiger partial charge on any atom is 0.437 e. The zero-order valence-electron chi connectivity index (χ0n) is 9.41. The minimum Gasteiger partial charge on any atom is -0.461 e. The Bertz CT molecular complexity index is 401. The quantitative estimate of drug-likeness (QED) is 0.767. The van der Waals surface area contributed by atoms with Crippen molar-refractivity contribution in [2.75, 3.05) is 6.61 Å². The van der Waals surface area contributed by atoms with Crippen LogP contribution < -0.4 is 0 Å². The second kappa shape index (κ2) is 5.15. The maximum absolute atomic E-state index is 12.6. The van der Waals surface area contributed by atoms with E-state index in [9.17, 15) is 18.0 Å². The van der Waals surface area contributed by atoms with Crippen molar-refractivity contribution in [1.82, 2.24) is 15.0 Å². The van der Waals surface area contributed by atoms with Crippen LogP contribution in [0.4, 0.5) is 13.2 Å². The number of hydrogen-bond donors (Lipinski definition) is 0. The molecule has 1 aromatic rings. The van der Waals surface area contributed by atoms with Crippen molar-refractivity contribution in [3.8, 4) is 0 Å². The van der Waals surface area contributed by atoms with Crippen molar-refractivity contribution >= 4 is 5.97 Å². The molecule has 96 valence electrons. The van der Waals surface area contributed by atoms with Crippen LogP contribution in [0, 0.1) is 0 Å². The normalized spacial score (nSPS) is 11.6. The number of ether oxygens (including phenoxy) is 1. The summed E-state index contributed by atoms with van der Waals surface area (Å²) in [4.78, 5) is 12.1. The topological polar surface area (TPSA) is 57.0 Å². The predicted molar refractivity (Wildman–Crippen MR) is 51.3 cm³/mol. The molecule has 8 heteroatoms. The number of hydrogen-bond acceptors (Lipinski definition) is 4. The summed E-state index contributed by atoms with van der Waals surface area (Å²) in [6.07, 6.45) is -4.15. The standard InChI is InChI=1S/C9H12F3N3O2/c1-3-5-15-13-6(8(16)17-4-2)7(14-15)9(10,11)12/h3-5H2,1-2H3. The molecule has 1 heterocycles. The van der Waals surface area contributed by atoms with Gasteiger partial charge in [0, 0.05) is 0 Å². The highest BCUT2D eigenvalue weighted by Gasteiger charge is 2.41. The lowest BCUT2D eigenvalue weighted by atomic mass is 10.3. The molecule has 0 aromatic carbocycles. The number of alkyl halides is 3. The first-order valence-corrected chi connectivity index (χ1v) is 5.09. The van der Waals surface area contributed by atoms with E-state index in [2.05, 4.69) is 14.9 Å². The molecule has 1 aromatic heterocycles. The van der Waals surface area contributed by atoms with Crippen LogP contribution in [0.15, 0.2) is 0 Å². The van der Waals surface area contributed by atoms with Gasteiger partial charge in [-0.3, -0.25) is 0 Å². The summed E-state index contributed by atoms with van der Waals surface area (Å²) >= 11 is 0. The van der Waals surface area contributed by atoms with E-state index in [-0.39, 0.29) is 13.2 Å². The molecule has 0 saturated heterocycles. The molecule has 0 bridgehead atoms. The van der Waals surface area contributed by atoms with Gasteiger partial charge in [-0.2, -0.15) is 18.0 Å². The Labute approximate surface area is 95.6 Å². The molecule has 0 aliphatic heterocycles. The number of halogens is 3. The van der Waals surface area contributed by atoms with Gasteiger partial charge in [-0.25, -0.2) is 4.79 Å². The average molecular weight is 251 g/mol. The van der Waals surface area contributed by atoms with Crippen molar-refractivity contribution in [1.29, 1.82) is 0 Å². The first-order chi connectivity index (χ1) is 7.90. The van der Waals surface area contributed by atoms with E-state index in [1.807, 2.05) is 0 Å². The largest absolute Gasteiger partial charge is 0.461 e.